The van der Waals surface area contributed by atoms with Crippen molar-refractivity contribution >= 4 is 22.9 Å². The number of aryl methyl sites for hydroxylation is 1. The summed E-state index contributed by atoms with van der Waals surface area (Å²) in [5.74, 6) is -0.556. The fourth-order valence-corrected chi connectivity index (χ4v) is 4.36. The Kier molecular flexibility index (Phi) is 4.10. The normalized spacial score (nSPS) is 20.2. The van der Waals surface area contributed by atoms with E-state index in [0.717, 1.165) is 48.4 Å². The molecule has 3 heterocycles. The summed E-state index contributed by atoms with van der Waals surface area (Å²) in [5.41, 5.74) is 2.78. The lowest BCUT2D eigenvalue weighted by Crippen LogP contribution is -2.36. The summed E-state index contributed by atoms with van der Waals surface area (Å²) < 4.78 is 20.0. The van der Waals surface area contributed by atoms with Crippen LogP contribution in [0.25, 0.3) is 0 Å². The van der Waals surface area contributed by atoms with Crippen molar-refractivity contribution in [3.63, 3.8) is 0 Å². The second kappa shape index (κ2) is 6.26. The number of hydrogen-bond donors (Lipinski definition) is 0. The van der Waals surface area contributed by atoms with E-state index in [0.29, 0.717) is 17.9 Å². The van der Waals surface area contributed by atoms with Gasteiger partial charge in [-0.1, -0.05) is 6.07 Å². The molecule has 1 aromatic heterocycles. The minimum absolute atomic E-state index is 0.00386. The molecule has 4 rings (SSSR count). The summed E-state index contributed by atoms with van der Waals surface area (Å²) in [6.45, 7) is 3.24. The van der Waals surface area contributed by atoms with Crippen LogP contribution in [-0.2, 0) is 11.2 Å². The number of halogens is 1. The molecule has 0 N–H and O–H groups in total. The van der Waals surface area contributed by atoms with Crippen LogP contribution in [0.3, 0.4) is 0 Å². The highest BCUT2D eigenvalue weighted by molar-refractivity contribution is 7.09. The molecule has 0 aliphatic carbocycles. The third-order valence-corrected chi connectivity index (χ3v) is 5.67. The molecule has 0 radical (unpaired) electrons. The van der Waals surface area contributed by atoms with Gasteiger partial charge in [0.25, 0.3) is 5.91 Å². The first-order valence-corrected chi connectivity index (χ1v) is 9.20. The Morgan fingerprint density at radius 3 is 3.08 bits per heavy atom. The number of amides is 1. The van der Waals surface area contributed by atoms with Gasteiger partial charge in [-0.3, -0.25) is 4.79 Å². The maximum absolute atomic E-state index is 14.4. The molecule has 0 spiro atoms. The summed E-state index contributed by atoms with van der Waals surface area (Å²) in [4.78, 5) is 18.9. The Hall–Kier alpha value is -1.79. The quantitative estimate of drug-likeness (QED) is 0.824. The van der Waals surface area contributed by atoms with Gasteiger partial charge in [0.1, 0.15) is 22.6 Å². The highest BCUT2D eigenvalue weighted by atomic mass is 32.1. The van der Waals surface area contributed by atoms with E-state index < -0.39 is 0 Å². The van der Waals surface area contributed by atoms with Crippen LogP contribution in [0.1, 0.15) is 52.0 Å². The number of carbonyl (C=O) groups is 1. The van der Waals surface area contributed by atoms with Gasteiger partial charge in [0.15, 0.2) is 0 Å². The first kappa shape index (κ1) is 15.7. The van der Waals surface area contributed by atoms with Crippen LogP contribution in [0.15, 0.2) is 17.5 Å². The minimum atomic E-state index is -0.335. The van der Waals surface area contributed by atoms with Crippen LogP contribution >= 0.6 is 11.3 Å². The van der Waals surface area contributed by atoms with Gasteiger partial charge in [0.2, 0.25) is 0 Å². The van der Waals surface area contributed by atoms with Gasteiger partial charge in [-0.2, -0.15) is 0 Å². The summed E-state index contributed by atoms with van der Waals surface area (Å²) in [5, 5.41) is 2.61. The first-order chi connectivity index (χ1) is 11.6. The van der Waals surface area contributed by atoms with E-state index in [4.69, 9.17) is 4.74 Å². The molecule has 6 heteroatoms. The monoisotopic (exact) mass is 346 g/mol. The molecule has 4 nitrogen and oxygen atoms in total. The number of thiazole rings is 1. The van der Waals surface area contributed by atoms with Crippen LogP contribution in [0.4, 0.5) is 10.1 Å². The minimum Gasteiger partial charge on any atom is -0.371 e. The summed E-state index contributed by atoms with van der Waals surface area (Å²) >= 11 is 1.45. The largest absolute Gasteiger partial charge is 0.371 e. The fourth-order valence-electron chi connectivity index (χ4n) is 3.49. The van der Waals surface area contributed by atoms with Crippen molar-refractivity contribution in [1.82, 2.24) is 4.98 Å². The van der Waals surface area contributed by atoms with E-state index in [1.54, 1.807) is 16.3 Å². The van der Waals surface area contributed by atoms with Gasteiger partial charge >= 0.3 is 0 Å². The number of anilines is 1. The molecule has 0 bridgehead atoms. The maximum Gasteiger partial charge on any atom is 0.277 e. The molecule has 1 atom stereocenters. The zero-order valence-electron chi connectivity index (χ0n) is 13.5. The lowest BCUT2D eigenvalue weighted by atomic mass is 9.96. The number of rotatable bonds is 2. The number of hydrogen-bond acceptors (Lipinski definition) is 4. The zero-order valence-corrected chi connectivity index (χ0v) is 14.4. The molecular formula is C18H19FN2O2S. The summed E-state index contributed by atoms with van der Waals surface area (Å²) in [6.07, 6.45) is 3.62. The summed E-state index contributed by atoms with van der Waals surface area (Å²) in [6, 6.07) is 3.22. The van der Waals surface area contributed by atoms with Crippen LogP contribution in [0.2, 0.25) is 0 Å². The van der Waals surface area contributed by atoms with E-state index >= 15 is 0 Å². The topological polar surface area (TPSA) is 42.4 Å². The van der Waals surface area contributed by atoms with Crippen molar-refractivity contribution in [3.05, 3.63) is 45.2 Å². The van der Waals surface area contributed by atoms with Crippen LogP contribution in [0, 0.1) is 12.7 Å². The zero-order chi connectivity index (χ0) is 16.7. The molecule has 0 unspecified atom stereocenters. The smallest absolute Gasteiger partial charge is 0.277 e. The predicted molar refractivity (Wildman–Crippen MR) is 91.2 cm³/mol. The van der Waals surface area contributed by atoms with Crippen LogP contribution < -0.4 is 4.90 Å². The average molecular weight is 346 g/mol. The van der Waals surface area contributed by atoms with Gasteiger partial charge in [-0.15, -0.1) is 11.3 Å². The molecule has 2 aromatic rings. The van der Waals surface area contributed by atoms with Crippen LogP contribution in [-0.4, -0.2) is 24.0 Å². The number of nitrogens with zero attached hydrogens (tertiary/aromatic N) is 2. The molecule has 2 aliphatic rings. The highest BCUT2D eigenvalue weighted by Crippen LogP contribution is 2.35. The van der Waals surface area contributed by atoms with Gasteiger partial charge < -0.3 is 9.64 Å². The number of carbonyl (C=O) groups excluding carboxylic acids is 1. The Morgan fingerprint density at radius 2 is 2.29 bits per heavy atom. The van der Waals surface area contributed by atoms with E-state index in [1.807, 2.05) is 6.92 Å². The Morgan fingerprint density at radius 1 is 1.42 bits per heavy atom. The molecule has 1 aromatic carbocycles. The third-order valence-electron chi connectivity index (χ3n) is 4.74. The molecule has 0 saturated carbocycles. The van der Waals surface area contributed by atoms with E-state index in [-0.39, 0.29) is 17.8 Å². The number of aromatic nitrogens is 1. The van der Waals surface area contributed by atoms with Gasteiger partial charge in [0.05, 0.1) is 5.69 Å². The number of fused-ring (bicyclic) bond motifs is 1. The Bertz CT molecular complexity index is 783. The molecule has 2 aliphatic heterocycles. The van der Waals surface area contributed by atoms with Gasteiger partial charge in [0, 0.05) is 18.5 Å². The number of benzene rings is 1. The van der Waals surface area contributed by atoms with Crippen molar-refractivity contribution in [3.8, 4) is 0 Å². The van der Waals surface area contributed by atoms with Crippen molar-refractivity contribution in [2.75, 3.05) is 18.1 Å². The second-order valence-corrected chi connectivity index (χ2v) is 7.21. The standard InChI is InChI=1S/C18H19FN2O2S/c1-11-6-7-13(19)16-12(11)4-2-8-21(16)18(22)14-10-24-17(20-14)15-5-3-9-23-15/h6-7,10,15H,2-5,8-9H2,1H3/t15-/m1/s1. The van der Waals surface area contributed by atoms with Crippen molar-refractivity contribution in [1.29, 1.82) is 0 Å². The molecule has 126 valence electrons. The van der Waals surface area contributed by atoms with Gasteiger partial charge in [-0.25, -0.2) is 9.37 Å². The lowest BCUT2D eigenvalue weighted by molar-refractivity contribution is 0.0976. The molecule has 1 amide bonds. The van der Waals surface area contributed by atoms with E-state index in [9.17, 15) is 9.18 Å². The fraction of sp³-hybridized carbons (Fsp3) is 0.444. The SMILES string of the molecule is Cc1ccc(F)c2c1CCCN2C(=O)c1csc([C@H]2CCCO2)n1. The predicted octanol–water partition coefficient (Wildman–Crippen LogP) is 4.04. The molecule has 1 saturated heterocycles. The second-order valence-electron chi connectivity index (χ2n) is 6.32. The Labute approximate surface area is 144 Å². The molecular weight excluding hydrogens is 327 g/mol. The highest BCUT2D eigenvalue weighted by Gasteiger charge is 2.30. The van der Waals surface area contributed by atoms with Crippen molar-refractivity contribution in [2.45, 2.75) is 38.7 Å². The average Bonchev–Trinajstić information content (AvgIpc) is 3.28. The van der Waals surface area contributed by atoms with E-state index in [1.165, 1.54) is 17.4 Å². The molecule has 1 fully saturated rings. The summed E-state index contributed by atoms with van der Waals surface area (Å²) in [7, 11) is 0. The van der Waals surface area contributed by atoms with Crippen LogP contribution in [0.5, 0.6) is 0 Å². The van der Waals surface area contributed by atoms with Gasteiger partial charge in [-0.05, 0) is 49.8 Å². The molecule has 24 heavy (non-hydrogen) atoms. The maximum atomic E-state index is 14.4. The van der Waals surface area contributed by atoms with Crippen molar-refractivity contribution in [2.24, 2.45) is 0 Å². The third kappa shape index (κ3) is 2.63. The Balaban J connectivity index is 1.66. The number of ether oxygens (including phenoxy) is 1. The van der Waals surface area contributed by atoms with E-state index in [2.05, 4.69) is 4.98 Å². The first-order valence-electron chi connectivity index (χ1n) is 8.32. The van der Waals surface area contributed by atoms with Crippen molar-refractivity contribution < 1.29 is 13.9 Å². The lowest BCUT2D eigenvalue weighted by Gasteiger charge is -2.30.